The minimum Gasteiger partial charge on any atom is -0.449 e. The summed E-state index contributed by atoms with van der Waals surface area (Å²) in [4.78, 5) is 27.9. The van der Waals surface area contributed by atoms with E-state index in [2.05, 4.69) is 10.3 Å². The molecule has 1 aromatic heterocycles. The van der Waals surface area contributed by atoms with Crippen molar-refractivity contribution in [3.05, 3.63) is 22.5 Å². The SMILES string of the molecule is CCCCCOC(=O)Nc1nc(=O)n([C@@H]2O[C@H](C)C(O)[C@@H]2O[C@@H]2O[C@H](C)C(O)[C@@H]2O)cc1F. The van der Waals surface area contributed by atoms with Crippen LogP contribution in [0.25, 0.3) is 0 Å². The number of anilines is 1. The molecule has 0 bridgehead atoms. The molecule has 1 aromatic rings. The summed E-state index contributed by atoms with van der Waals surface area (Å²) in [6.07, 6.45) is -7.01. The Morgan fingerprint density at radius 2 is 1.88 bits per heavy atom. The molecule has 2 saturated heterocycles. The normalized spacial score (nSPS) is 33.9. The van der Waals surface area contributed by atoms with Crippen molar-refractivity contribution >= 4 is 11.9 Å². The summed E-state index contributed by atoms with van der Waals surface area (Å²) < 4.78 is 36.9. The van der Waals surface area contributed by atoms with Crippen LogP contribution in [0, 0.1) is 5.82 Å². The van der Waals surface area contributed by atoms with Crippen molar-refractivity contribution in [2.75, 3.05) is 11.9 Å². The number of aliphatic hydroxyl groups excluding tert-OH is 3. The second kappa shape index (κ2) is 10.8. The number of aliphatic hydroxyl groups is 3. The van der Waals surface area contributed by atoms with Gasteiger partial charge < -0.3 is 34.3 Å². The van der Waals surface area contributed by atoms with E-state index in [9.17, 15) is 29.3 Å². The largest absolute Gasteiger partial charge is 0.449 e. The lowest BCUT2D eigenvalue weighted by molar-refractivity contribution is -0.216. The maximum absolute atomic E-state index is 14.6. The number of carbonyl (C=O) groups excluding carboxylic acids is 1. The molecule has 3 heterocycles. The first-order chi connectivity index (χ1) is 15.6. The lowest BCUT2D eigenvalue weighted by Gasteiger charge is -2.26. The molecule has 2 fully saturated rings. The van der Waals surface area contributed by atoms with Gasteiger partial charge in [0.05, 0.1) is 25.0 Å². The van der Waals surface area contributed by atoms with Gasteiger partial charge in [-0.3, -0.25) is 9.88 Å². The van der Waals surface area contributed by atoms with Gasteiger partial charge in [0.25, 0.3) is 0 Å². The predicted octanol–water partition coefficient (Wildman–Crippen LogP) is 0.251. The number of hydrogen-bond acceptors (Lipinski definition) is 10. The van der Waals surface area contributed by atoms with Crippen molar-refractivity contribution in [3.8, 4) is 0 Å². The maximum Gasteiger partial charge on any atom is 0.412 e. The quantitative estimate of drug-likeness (QED) is 0.384. The lowest BCUT2D eigenvalue weighted by Crippen LogP contribution is -2.43. The van der Waals surface area contributed by atoms with Crippen LogP contribution in [0.15, 0.2) is 11.0 Å². The van der Waals surface area contributed by atoms with E-state index in [1.807, 2.05) is 6.92 Å². The number of ether oxygens (including phenoxy) is 4. The Morgan fingerprint density at radius 1 is 1.18 bits per heavy atom. The van der Waals surface area contributed by atoms with Gasteiger partial charge in [0.1, 0.15) is 24.4 Å². The summed E-state index contributed by atoms with van der Waals surface area (Å²) in [5.74, 6) is -1.66. The van der Waals surface area contributed by atoms with E-state index >= 15 is 0 Å². The van der Waals surface area contributed by atoms with Crippen molar-refractivity contribution in [2.45, 2.75) is 89.2 Å². The molecule has 0 radical (unpaired) electrons. The van der Waals surface area contributed by atoms with Gasteiger partial charge in [-0.1, -0.05) is 19.8 Å². The number of carbonyl (C=O) groups is 1. The van der Waals surface area contributed by atoms with E-state index in [4.69, 9.17) is 18.9 Å². The number of amides is 1. The van der Waals surface area contributed by atoms with E-state index < -0.39 is 72.6 Å². The van der Waals surface area contributed by atoms with Gasteiger partial charge >= 0.3 is 11.8 Å². The van der Waals surface area contributed by atoms with Crippen molar-refractivity contribution in [2.24, 2.45) is 0 Å². The average Bonchev–Trinajstić information content (AvgIpc) is 3.18. The molecule has 12 nitrogen and oxygen atoms in total. The van der Waals surface area contributed by atoms with E-state index in [1.54, 1.807) is 0 Å². The van der Waals surface area contributed by atoms with Gasteiger partial charge in [-0.2, -0.15) is 4.98 Å². The number of nitrogens with one attached hydrogen (secondary N) is 1. The molecule has 2 aliphatic heterocycles. The Labute approximate surface area is 189 Å². The third-order valence-corrected chi connectivity index (χ3v) is 5.59. The molecule has 4 N–H and O–H groups in total. The molecule has 0 saturated carbocycles. The van der Waals surface area contributed by atoms with Crippen molar-refractivity contribution in [3.63, 3.8) is 0 Å². The number of halogens is 1. The van der Waals surface area contributed by atoms with Crippen LogP contribution in [-0.4, -0.2) is 80.5 Å². The highest BCUT2D eigenvalue weighted by Gasteiger charge is 2.49. The number of aromatic nitrogens is 2. The number of rotatable bonds is 8. The summed E-state index contributed by atoms with van der Waals surface area (Å²) in [5.41, 5.74) is -0.987. The molecular formula is C20H30FN3O9. The Hall–Kier alpha value is -2.16. The maximum atomic E-state index is 14.6. The fourth-order valence-corrected chi connectivity index (χ4v) is 3.63. The molecule has 186 valence electrons. The highest BCUT2D eigenvalue weighted by atomic mass is 19.1. The second-order valence-electron chi connectivity index (χ2n) is 8.11. The zero-order chi connectivity index (χ0) is 24.3. The molecule has 8 atom stereocenters. The minimum absolute atomic E-state index is 0.144. The average molecular weight is 475 g/mol. The molecule has 1 amide bonds. The first-order valence-electron chi connectivity index (χ1n) is 10.9. The standard InChI is InChI=1S/C20H30FN3O9/c1-4-5-6-7-30-20(29)23-16-11(21)8-24(19(28)22-16)17-15(13(26)10(3)31-17)33-18-14(27)12(25)9(2)32-18/h8-10,12-15,17-18,25-27H,4-7H2,1-3H3,(H,22,23,28,29)/t9-,10-,12?,13?,14+,15+,17-,18+/m1/s1. The van der Waals surface area contributed by atoms with Crippen LogP contribution in [0.1, 0.15) is 46.3 Å². The number of unbranched alkanes of at least 4 members (excludes halogenated alkanes) is 2. The Bertz CT molecular complexity index is 885. The predicted molar refractivity (Wildman–Crippen MR) is 110 cm³/mol. The van der Waals surface area contributed by atoms with E-state index in [1.165, 1.54) is 13.8 Å². The highest BCUT2D eigenvalue weighted by molar-refractivity contribution is 5.83. The first kappa shape index (κ1) is 25.5. The smallest absolute Gasteiger partial charge is 0.412 e. The van der Waals surface area contributed by atoms with Crippen LogP contribution < -0.4 is 11.0 Å². The van der Waals surface area contributed by atoms with Gasteiger partial charge in [-0.15, -0.1) is 0 Å². The monoisotopic (exact) mass is 475 g/mol. The van der Waals surface area contributed by atoms with E-state index in [0.717, 1.165) is 23.6 Å². The third-order valence-electron chi connectivity index (χ3n) is 5.59. The second-order valence-corrected chi connectivity index (χ2v) is 8.11. The summed E-state index contributed by atoms with van der Waals surface area (Å²) in [7, 11) is 0. The molecular weight excluding hydrogens is 445 g/mol. The zero-order valence-corrected chi connectivity index (χ0v) is 18.6. The van der Waals surface area contributed by atoms with E-state index in [-0.39, 0.29) is 6.61 Å². The van der Waals surface area contributed by atoms with Gasteiger partial charge in [-0.25, -0.2) is 14.0 Å². The molecule has 0 aliphatic carbocycles. The van der Waals surface area contributed by atoms with Crippen molar-refractivity contribution in [1.29, 1.82) is 0 Å². The Morgan fingerprint density at radius 3 is 2.52 bits per heavy atom. The molecule has 0 spiro atoms. The lowest BCUT2D eigenvalue weighted by atomic mass is 10.1. The van der Waals surface area contributed by atoms with Gasteiger partial charge in [-0.05, 0) is 20.3 Å². The molecule has 0 aromatic carbocycles. The summed E-state index contributed by atoms with van der Waals surface area (Å²) in [6.45, 7) is 5.18. The van der Waals surface area contributed by atoms with Crippen LogP contribution in [0.2, 0.25) is 0 Å². The fourth-order valence-electron chi connectivity index (χ4n) is 3.63. The summed E-state index contributed by atoms with van der Waals surface area (Å²) in [5, 5.41) is 32.5. The van der Waals surface area contributed by atoms with Crippen LogP contribution in [0.3, 0.4) is 0 Å². The topological polar surface area (TPSA) is 162 Å². The fraction of sp³-hybridized carbons (Fsp3) is 0.750. The van der Waals surface area contributed by atoms with Crippen molar-refractivity contribution in [1.82, 2.24) is 9.55 Å². The van der Waals surface area contributed by atoms with Crippen LogP contribution in [0.4, 0.5) is 15.0 Å². The Kier molecular flexibility index (Phi) is 8.37. The van der Waals surface area contributed by atoms with Gasteiger partial charge in [0.15, 0.2) is 24.2 Å². The molecule has 2 aliphatic rings. The zero-order valence-electron chi connectivity index (χ0n) is 18.6. The van der Waals surface area contributed by atoms with Crippen LogP contribution >= 0.6 is 0 Å². The molecule has 3 rings (SSSR count). The molecule has 13 heteroatoms. The molecule has 2 unspecified atom stereocenters. The molecule has 33 heavy (non-hydrogen) atoms. The number of hydrogen-bond donors (Lipinski definition) is 4. The third kappa shape index (κ3) is 5.67. The Balaban J connectivity index is 1.74. The highest BCUT2D eigenvalue weighted by Crippen LogP contribution is 2.34. The van der Waals surface area contributed by atoms with Crippen molar-refractivity contribution < 1.29 is 43.5 Å². The van der Waals surface area contributed by atoms with Gasteiger partial charge in [0.2, 0.25) is 0 Å². The van der Waals surface area contributed by atoms with Crippen LogP contribution in [-0.2, 0) is 18.9 Å². The van der Waals surface area contributed by atoms with E-state index in [0.29, 0.717) is 6.42 Å². The first-order valence-corrected chi connectivity index (χ1v) is 10.9. The number of nitrogens with zero attached hydrogens (tertiary/aromatic N) is 2. The summed E-state index contributed by atoms with van der Waals surface area (Å²) >= 11 is 0. The van der Waals surface area contributed by atoms with Crippen LogP contribution in [0.5, 0.6) is 0 Å². The van der Waals surface area contributed by atoms with Gasteiger partial charge in [0, 0.05) is 0 Å². The minimum atomic E-state index is -1.40. The summed E-state index contributed by atoms with van der Waals surface area (Å²) in [6, 6.07) is 0.